The standard InChI is InChI=1S/C29H40N4O13/c1-16(34)32-22(27(39)30-11-12-31-29(40)43-13-21-9-7-6-8-10-21)14-42-28-24(33-17(2)35)26(45-20(5)38)25(44-19(4)37)23(46-28)15-41-18(3)36/h6-10,22-26,28H,11-15H2,1-5H3,(H,30,39)(H,31,40)(H,32,34)(H,33,35)/t22-,23+,24+,25-,26+,28-/m0/s1. The number of carbonyl (C=O) groups is 7. The fourth-order valence-electron chi connectivity index (χ4n) is 4.30. The molecule has 1 aliphatic rings. The maximum absolute atomic E-state index is 12.9. The summed E-state index contributed by atoms with van der Waals surface area (Å²) < 4.78 is 32.6. The van der Waals surface area contributed by atoms with Crippen LogP contribution in [-0.4, -0.2) is 105 Å². The third kappa shape index (κ3) is 13.5. The Labute approximate surface area is 265 Å². The van der Waals surface area contributed by atoms with Gasteiger partial charge < -0.3 is 49.7 Å². The summed E-state index contributed by atoms with van der Waals surface area (Å²) in [6, 6.07) is 6.48. The average molecular weight is 653 g/mol. The van der Waals surface area contributed by atoms with E-state index in [1.165, 1.54) is 13.8 Å². The van der Waals surface area contributed by atoms with Crippen molar-refractivity contribution in [1.29, 1.82) is 0 Å². The number of carbonyl (C=O) groups excluding carboxylic acids is 7. The van der Waals surface area contributed by atoms with Gasteiger partial charge in [-0.05, 0) is 5.56 Å². The number of hydrogen-bond donors (Lipinski definition) is 4. The molecule has 0 spiro atoms. The fraction of sp³-hybridized carbons (Fsp3) is 0.552. The Hall–Kier alpha value is -4.77. The molecule has 1 fully saturated rings. The van der Waals surface area contributed by atoms with Crippen LogP contribution >= 0.6 is 0 Å². The van der Waals surface area contributed by atoms with Crippen LogP contribution in [0.5, 0.6) is 0 Å². The topological polar surface area (TPSA) is 223 Å². The van der Waals surface area contributed by atoms with Gasteiger partial charge in [0.1, 0.15) is 31.4 Å². The molecule has 1 saturated heterocycles. The van der Waals surface area contributed by atoms with E-state index in [2.05, 4.69) is 21.3 Å². The van der Waals surface area contributed by atoms with Gasteiger partial charge in [0.2, 0.25) is 17.7 Å². The molecule has 1 heterocycles. The highest BCUT2D eigenvalue weighted by atomic mass is 16.7. The van der Waals surface area contributed by atoms with Gasteiger partial charge in [0.25, 0.3) is 0 Å². The van der Waals surface area contributed by atoms with Gasteiger partial charge in [0.15, 0.2) is 18.5 Å². The lowest BCUT2D eigenvalue weighted by molar-refractivity contribution is -0.278. The van der Waals surface area contributed by atoms with Crippen molar-refractivity contribution in [1.82, 2.24) is 21.3 Å². The third-order valence-corrected chi connectivity index (χ3v) is 6.10. The van der Waals surface area contributed by atoms with Crippen molar-refractivity contribution in [2.75, 3.05) is 26.3 Å². The number of amides is 4. The minimum atomic E-state index is -1.45. The molecule has 17 heteroatoms. The van der Waals surface area contributed by atoms with E-state index in [0.29, 0.717) is 0 Å². The number of rotatable bonds is 15. The number of nitrogens with one attached hydrogen (secondary N) is 4. The smallest absolute Gasteiger partial charge is 0.407 e. The van der Waals surface area contributed by atoms with Crippen LogP contribution in [-0.2, 0) is 63.8 Å². The summed E-state index contributed by atoms with van der Waals surface area (Å²) in [7, 11) is 0. The van der Waals surface area contributed by atoms with Gasteiger partial charge in [-0.25, -0.2) is 4.79 Å². The van der Waals surface area contributed by atoms with Gasteiger partial charge in [-0.1, -0.05) is 30.3 Å². The van der Waals surface area contributed by atoms with Crippen LogP contribution in [0.1, 0.15) is 40.2 Å². The largest absolute Gasteiger partial charge is 0.463 e. The molecule has 6 atom stereocenters. The van der Waals surface area contributed by atoms with E-state index in [1.807, 2.05) is 6.07 Å². The van der Waals surface area contributed by atoms with Crippen LogP contribution in [0.25, 0.3) is 0 Å². The number of esters is 3. The summed E-state index contributed by atoms with van der Waals surface area (Å²) in [6.07, 6.45) is -6.08. The Morgan fingerprint density at radius 3 is 2.00 bits per heavy atom. The van der Waals surface area contributed by atoms with Gasteiger partial charge in [0.05, 0.1) is 6.61 Å². The molecule has 1 aromatic carbocycles. The summed E-state index contributed by atoms with van der Waals surface area (Å²) in [5.74, 6) is -4.11. The van der Waals surface area contributed by atoms with Crippen molar-refractivity contribution in [2.45, 2.75) is 77.9 Å². The lowest BCUT2D eigenvalue weighted by Crippen LogP contribution is -2.67. The quantitative estimate of drug-likeness (QED) is 0.104. The summed E-state index contributed by atoms with van der Waals surface area (Å²) in [5.41, 5.74) is 0.797. The van der Waals surface area contributed by atoms with Gasteiger partial charge in [0, 0.05) is 47.7 Å². The number of alkyl carbamates (subject to hydrolysis) is 1. The van der Waals surface area contributed by atoms with Crippen molar-refractivity contribution in [3.05, 3.63) is 35.9 Å². The monoisotopic (exact) mass is 652 g/mol. The Bertz CT molecular complexity index is 1230. The molecule has 2 rings (SSSR count). The van der Waals surface area contributed by atoms with Crippen LogP contribution in [0, 0.1) is 0 Å². The van der Waals surface area contributed by atoms with Crippen molar-refractivity contribution in [2.24, 2.45) is 0 Å². The van der Waals surface area contributed by atoms with Gasteiger partial charge in [-0.3, -0.25) is 28.8 Å². The molecule has 17 nitrogen and oxygen atoms in total. The Morgan fingerprint density at radius 1 is 0.783 bits per heavy atom. The van der Waals surface area contributed by atoms with Gasteiger partial charge >= 0.3 is 24.0 Å². The first-order chi connectivity index (χ1) is 21.8. The second-order valence-corrected chi connectivity index (χ2v) is 10.1. The first-order valence-electron chi connectivity index (χ1n) is 14.3. The minimum Gasteiger partial charge on any atom is -0.463 e. The Balaban J connectivity index is 2.11. The van der Waals surface area contributed by atoms with Crippen LogP contribution in [0.3, 0.4) is 0 Å². The molecular formula is C29H40N4O13. The lowest BCUT2D eigenvalue weighted by Gasteiger charge is -2.45. The van der Waals surface area contributed by atoms with E-state index >= 15 is 0 Å². The SMILES string of the molecule is CC(=O)N[C@H]1[C@@H](OC[C@H](NC(C)=O)C(=O)NCCNC(=O)OCc2ccccc2)O[C@H](COC(C)=O)[C@H](OC(C)=O)[C@@H]1OC(C)=O. The van der Waals surface area contributed by atoms with Crippen LogP contribution < -0.4 is 21.3 Å². The first kappa shape index (κ1) is 37.4. The minimum absolute atomic E-state index is 0.00276. The molecule has 46 heavy (non-hydrogen) atoms. The molecule has 4 N–H and O–H groups in total. The van der Waals surface area contributed by atoms with Crippen molar-refractivity contribution >= 4 is 41.7 Å². The molecule has 0 aliphatic carbocycles. The second kappa shape index (κ2) is 18.9. The number of ether oxygens (including phenoxy) is 6. The molecule has 0 radical (unpaired) electrons. The van der Waals surface area contributed by atoms with E-state index in [0.717, 1.165) is 26.3 Å². The maximum atomic E-state index is 12.9. The average Bonchev–Trinajstić information content (AvgIpc) is 2.97. The van der Waals surface area contributed by atoms with Gasteiger partial charge in [-0.15, -0.1) is 0 Å². The number of benzene rings is 1. The third-order valence-electron chi connectivity index (χ3n) is 6.10. The van der Waals surface area contributed by atoms with Crippen LogP contribution in [0.4, 0.5) is 4.79 Å². The predicted molar refractivity (Wildman–Crippen MR) is 155 cm³/mol. The molecule has 254 valence electrons. The molecule has 0 bridgehead atoms. The highest BCUT2D eigenvalue weighted by molar-refractivity contribution is 5.87. The maximum Gasteiger partial charge on any atom is 0.407 e. The highest BCUT2D eigenvalue weighted by Gasteiger charge is 2.51. The molecule has 0 aromatic heterocycles. The van der Waals surface area contributed by atoms with E-state index in [4.69, 9.17) is 28.4 Å². The highest BCUT2D eigenvalue weighted by Crippen LogP contribution is 2.28. The van der Waals surface area contributed by atoms with E-state index in [9.17, 15) is 33.6 Å². The van der Waals surface area contributed by atoms with E-state index in [-0.39, 0.29) is 19.7 Å². The zero-order valence-corrected chi connectivity index (χ0v) is 26.2. The molecule has 1 aromatic rings. The fourth-order valence-corrected chi connectivity index (χ4v) is 4.30. The zero-order valence-electron chi connectivity index (χ0n) is 26.2. The summed E-state index contributed by atoms with van der Waals surface area (Å²) in [4.78, 5) is 84.4. The molecule has 0 saturated carbocycles. The first-order valence-corrected chi connectivity index (χ1v) is 14.3. The Morgan fingerprint density at radius 2 is 1.41 bits per heavy atom. The molecule has 0 unspecified atom stereocenters. The van der Waals surface area contributed by atoms with Crippen molar-refractivity contribution < 1.29 is 62.0 Å². The molecule has 1 aliphatic heterocycles. The Kier molecular flexibility index (Phi) is 15.4. The van der Waals surface area contributed by atoms with Crippen molar-refractivity contribution in [3.8, 4) is 0 Å². The normalized spacial score (nSPS) is 21.0. The zero-order chi connectivity index (χ0) is 34.2. The summed E-state index contributed by atoms with van der Waals surface area (Å²) in [6.45, 7) is 4.75. The van der Waals surface area contributed by atoms with E-state index in [1.54, 1.807) is 24.3 Å². The van der Waals surface area contributed by atoms with Crippen molar-refractivity contribution in [3.63, 3.8) is 0 Å². The van der Waals surface area contributed by atoms with Crippen LogP contribution in [0.2, 0.25) is 0 Å². The number of hydrogen-bond acceptors (Lipinski definition) is 13. The second-order valence-electron chi connectivity index (χ2n) is 10.1. The predicted octanol–water partition coefficient (Wildman–Crippen LogP) is -0.794. The molecule has 4 amide bonds. The summed E-state index contributed by atoms with van der Waals surface area (Å²) in [5, 5.41) is 10.0. The van der Waals surface area contributed by atoms with Gasteiger partial charge in [-0.2, -0.15) is 0 Å². The summed E-state index contributed by atoms with van der Waals surface area (Å²) >= 11 is 0. The van der Waals surface area contributed by atoms with Crippen LogP contribution in [0.15, 0.2) is 30.3 Å². The lowest BCUT2D eigenvalue weighted by atomic mass is 9.96. The molecular weight excluding hydrogens is 612 g/mol. The van der Waals surface area contributed by atoms with E-state index < -0.39 is 91.6 Å².